The first kappa shape index (κ1) is 12.2. The van der Waals surface area contributed by atoms with Gasteiger partial charge in [-0.3, -0.25) is 4.31 Å². The number of anilines is 1. The van der Waals surface area contributed by atoms with Crippen LogP contribution in [-0.2, 0) is 10.2 Å². The second-order valence-electron chi connectivity index (χ2n) is 3.60. The Hall–Kier alpha value is -1.31. The topological polar surface area (TPSA) is 84.7 Å². The molecule has 1 saturated heterocycles. The SMILES string of the molecule is NCCOc1ccc(N2CCNS2(=O)=O)cc1. The van der Waals surface area contributed by atoms with E-state index >= 15 is 0 Å². The van der Waals surface area contributed by atoms with Gasteiger partial charge in [-0.05, 0) is 24.3 Å². The Kier molecular flexibility index (Phi) is 3.51. The lowest BCUT2D eigenvalue weighted by Gasteiger charge is -2.16. The Morgan fingerprint density at radius 2 is 2.06 bits per heavy atom. The van der Waals surface area contributed by atoms with Crippen LogP contribution in [0.5, 0.6) is 5.75 Å². The van der Waals surface area contributed by atoms with E-state index in [0.29, 0.717) is 37.7 Å². The van der Waals surface area contributed by atoms with Crippen molar-refractivity contribution >= 4 is 15.9 Å². The molecule has 2 rings (SSSR count). The first-order chi connectivity index (χ1) is 8.13. The molecule has 0 atom stereocenters. The van der Waals surface area contributed by atoms with Crippen LogP contribution < -0.4 is 19.5 Å². The van der Waals surface area contributed by atoms with E-state index in [1.807, 2.05) is 0 Å². The van der Waals surface area contributed by atoms with Gasteiger partial charge in [0, 0.05) is 19.6 Å². The largest absolute Gasteiger partial charge is 0.492 e. The average molecular weight is 257 g/mol. The van der Waals surface area contributed by atoms with Gasteiger partial charge in [0.25, 0.3) is 0 Å². The Balaban J connectivity index is 2.13. The summed E-state index contributed by atoms with van der Waals surface area (Å²) >= 11 is 0. The highest BCUT2D eigenvalue weighted by atomic mass is 32.2. The van der Waals surface area contributed by atoms with Gasteiger partial charge in [0.1, 0.15) is 12.4 Å². The highest BCUT2D eigenvalue weighted by Crippen LogP contribution is 2.22. The summed E-state index contributed by atoms with van der Waals surface area (Å²) in [5, 5.41) is 0. The maximum absolute atomic E-state index is 11.6. The Morgan fingerprint density at radius 1 is 1.35 bits per heavy atom. The number of ether oxygens (including phenoxy) is 1. The van der Waals surface area contributed by atoms with E-state index in [2.05, 4.69) is 4.72 Å². The highest BCUT2D eigenvalue weighted by Gasteiger charge is 2.27. The monoisotopic (exact) mass is 257 g/mol. The Bertz CT molecular complexity index is 472. The molecule has 7 heteroatoms. The Labute approximate surface area is 101 Å². The van der Waals surface area contributed by atoms with Crippen molar-refractivity contribution in [2.75, 3.05) is 30.5 Å². The molecule has 0 aromatic heterocycles. The summed E-state index contributed by atoms with van der Waals surface area (Å²) in [5.74, 6) is 0.684. The maximum Gasteiger partial charge on any atom is 0.301 e. The molecule has 0 saturated carbocycles. The second kappa shape index (κ2) is 4.91. The molecule has 6 nitrogen and oxygen atoms in total. The van der Waals surface area contributed by atoms with E-state index in [1.165, 1.54) is 4.31 Å². The maximum atomic E-state index is 11.6. The summed E-state index contributed by atoms with van der Waals surface area (Å²) in [7, 11) is -3.35. The fraction of sp³-hybridized carbons (Fsp3) is 0.400. The molecule has 3 N–H and O–H groups in total. The molecule has 94 valence electrons. The third-order valence-electron chi connectivity index (χ3n) is 2.40. The minimum Gasteiger partial charge on any atom is -0.492 e. The summed E-state index contributed by atoms with van der Waals surface area (Å²) in [6, 6.07) is 6.91. The van der Waals surface area contributed by atoms with Crippen LogP contribution in [0.15, 0.2) is 24.3 Å². The fourth-order valence-corrected chi connectivity index (χ4v) is 2.86. The van der Waals surface area contributed by atoms with Crippen LogP contribution in [0.3, 0.4) is 0 Å². The molecule has 0 amide bonds. The number of nitrogens with two attached hydrogens (primary N) is 1. The molecule has 0 unspecified atom stereocenters. The molecule has 0 aliphatic carbocycles. The summed E-state index contributed by atoms with van der Waals surface area (Å²) in [5.41, 5.74) is 5.95. The molecule has 0 spiro atoms. The lowest BCUT2D eigenvalue weighted by molar-refractivity contribution is 0.328. The number of benzene rings is 1. The van der Waals surface area contributed by atoms with Crippen molar-refractivity contribution in [1.82, 2.24) is 4.72 Å². The van der Waals surface area contributed by atoms with Crippen LogP contribution in [0.2, 0.25) is 0 Å². The van der Waals surface area contributed by atoms with Crippen molar-refractivity contribution in [2.45, 2.75) is 0 Å². The minimum absolute atomic E-state index is 0.438. The molecule has 1 aliphatic rings. The lowest BCUT2D eigenvalue weighted by Crippen LogP contribution is -2.29. The molecule has 1 heterocycles. The van der Waals surface area contributed by atoms with Crippen LogP contribution in [0, 0.1) is 0 Å². The number of hydrogen-bond donors (Lipinski definition) is 2. The fourth-order valence-electron chi connectivity index (χ4n) is 1.63. The van der Waals surface area contributed by atoms with E-state index in [0.717, 1.165) is 0 Å². The van der Waals surface area contributed by atoms with Crippen molar-refractivity contribution in [1.29, 1.82) is 0 Å². The molecule has 0 bridgehead atoms. The van der Waals surface area contributed by atoms with E-state index in [9.17, 15) is 8.42 Å². The van der Waals surface area contributed by atoms with Crippen LogP contribution in [0.4, 0.5) is 5.69 Å². The third-order valence-corrected chi connectivity index (χ3v) is 3.94. The van der Waals surface area contributed by atoms with E-state index < -0.39 is 10.2 Å². The number of nitrogens with zero attached hydrogens (tertiary/aromatic N) is 1. The van der Waals surface area contributed by atoms with Gasteiger partial charge < -0.3 is 10.5 Å². The predicted octanol–water partition coefficient (Wildman–Crippen LogP) is -0.321. The van der Waals surface area contributed by atoms with Gasteiger partial charge in [-0.15, -0.1) is 0 Å². The minimum atomic E-state index is -3.35. The zero-order chi connectivity index (χ0) is 12.3. The summed E-state index contributed by atoms with van der Waals surface area (Å²) in [4.78, 5) is 0. The third kappa shape index (κ3) is 2.68. The van der Waals surface area contributed by atoms with E-state index in [4.69, 9.17) is 10.5 Å². The van der Waals surface area contributed by atoms with Crippen molar-refractivity contribution in [2.24, 2.45) is 5.73 Å². The highest BCUT2D eigenvalue weighted by molar-refractivity contribution is 7.91. The quantitative estimate of drug-likeness (QED) is 0.774. The number of rotatable bonds is 4. The molecular weight excluding hydrogens is 242 g/mol. The number of nitrogens with one attached hydrogen (secondary N) is 1. The second-order valence-corrected chi connectivity index (χ2v) is 5.28. The molecule has 1 aromatic rings. The zero-order valence-corrected chi connectivity index (χ0v) is 10.1. The molecule has 1 fully saturated rings. The molecule has 1 aliphatic heterocycles. The Morgan fingerprint density at radius 3 is 2.59 bits per heavy atom. The first-order valence-electron chi connectivity index (χ1n) is 5.34. The summed E-state index contributed by atoms with van der Waals surface area (Å²) in [6.45, 7) is 1.79. The summed E-state index contributed by atoms with van der Waals surface area (Å²) < 4.78 is 32.3. The molecular formula is C10H15N3O3S. The van der Waals surface area contributed by atoms with E-state index in [-0.39, 0.29) is 0 Å². The van der Waals surface area contributed by atoms with Gasteiger partial charge in [-0.25, -0.2) is 0 Å². The van der Waals surface area contributed by atoms with Crippen molar-refractivity contribution < 1.29 is 13.2 Å². The normalized spacial score (nSPS) is 18.3. The average Bonchev–Trinajstić information content (AvgIpc) is 2.67. The molecule has 17 heavy (non-hydrogen) atoms. The predicted molar refractivity (Wildman–Crippen MR) is 65.3 cm³/mol. The van der Waals surface area contributed by atoms with Gasteiger partial charge in [0.05, 0.1) is 5.69 Å². The van der Waals surface area contributed by atoms with Gasteiger partial charge in [-0.2, -0.15) is 13.1 Å². The van der Waals surface area contributed by atoms with Crippen LogP contribution >= 0.6 is 0 Å². The zero-order valence-electron chi connectivity index (χ0n) is 9.30. The number of hydrogen-bond acceptors (Lipinski definition) is 4. The molecule has 0 radical (unpaired) electrons. The van der Waals surface area contributed by atoms with Gasteiger partial charge >= 0.3 is 10.2 Å². The lowest BCUT2D eigenvalue weighted by atomic mass is 10.3. The van der Waals surface area contributed by atoms with Crippen LogP contribution in [0.1, 0.15) is 0 Å². The van der Waals surface area contributed by atoms with Gasteiger partial charge in [0.15, 0.2) is 0 Å². The van der Waals surface area contributed by atoms with E-state index in [1.54, 1.807) is 24.3 Å². The first-order valence-corrected chi connectivity index (χ1v) is 6.78. The van der Waals surface area contributed by atoms with Crippen molar-refractivity contribution in [3.05, 3.63) is 24.3 Å². The van der Waals surface area contributed by atoms with Crippen molar-refractivity contribution in [3.63, 3.8) is 0 Å². The van der Waals surface area contributed by atoms with Gasteiger partial charge in [-0.1, -0.05) is 0 Å². The van der Waals surface area contributed by atoms with Gasteiger partial charge in [0.2, 0.25) is 0 Å². The smallest absolute Gasteiger partial charge is 0.301 e. The van der Waals surface area contributed by atoms with Crippen LogP contribution in [0.25, 0.3) is 0 Å². The standard InChI is InChI=1S/C10H15N3O3S/c11-5-8-16-10-3-1-9(2-4-10)13-7-6-12-17(13,14)15/h1-4,12H,5-8,11H2. The molecule has 1 aromatic carbocycles. The van der Waals surface area contributed by atoms with Crippen LogP contribution in [-0.4, -0.2) is 34.7 Å². The van der Waals surface area contributed by atoms with Crippen molar-refractivity contribution in [3.8, 4) is 5.75 Å². The summed E-state index contributed by atoms with van der Waals surface area (Å²) in [6.07, 6.45) is 0.